The van der Waals surface area contributed by atoms with Gasteiger partial charge in [-0.2, -0.15) is 4.79 Å². The van der Waals surface area contributed by atoms with Gasteiger partial charge in [-0.25, -0.2) is 4.79 Å². The van der Waals surface area contributed by atoms with E-state index in [9.17, 15) is 24.3 Å². The zero-order valence-corrected chi connectivity index (χ0v) is 18.1. The lowest BCUT2D eigenvalue weighted by atomic mass is 9.97. The maximum Gasteiger partial charge on any atom is 0.326 e. The first-order valence-electron chi connectivity index (χ1n) is 10.0. The van der Waals surface area contributed by atoms with Crippen molar-refractivity contribution in [3.8, 4) is 0 Å². The second kappa shape index (κ2) is 10.5. The number of nitrogens with one attached hydrogen (secondary N) is 2. The number of esters is 1. The molecule has 0 aliphatic rings. The SMILES string of the molecule is CC(C)(C)C(=O)O[C@@H](Cc1c[nH]c2ccccc12)C(=O)N[C@@H](CCC(=O)C=[N+]=[N-])C(=O)O. The number of ketones is 1. The van der Waals surface area contributed by atoms with E-state index in [1.165, 1.54) is 0 Å². The van der Waals surface area contributed by atoms with Gasteiger partial charge >= 0.3 is 18.2 Å². The number of carbonyl (C=O) groups is 4. The van der Waals surface area contributed by atoms with Crippen molar-refractivity contribution in [2.45, 2.75) is 52.2 Å². The second-order valence-electron chi connectivity index (χ2n) is 8.36. The van der Waals surface area contributed by atoms with Gasteiger partial charge in [-0.1, -0.05) is 18.2 Å². The van der Waals surface area contributed by atoms with E-state index in [0.29, 0.717) is 6.21 Å². The third-order valence-corrected chi connectivity index (χ3v) is 4.73. The highest BCUT2D eigenvalue weighted by Gasteiger charge is 2.33. The number of nitrogens with zero attached hydrogens (tertiary/aromatic N) is 2. The minimum Gasteiger partial charge on any atom is -0.480 e. The van der Waals surface area contributed by atoms with Gasteiger partial charge in [0.1, 0.15) is 6.04 Å². The monoisotopic (exact) mass is 442 g/mol. The maximum absolute atomic E-state index is 12.9. The van der Waals surface area contributed by atoms with E-state index >= 15 is 0 Å². The highest BCUT2D eigenvalue weighted by molar-refractivity contribution is 6.25. The predicted molar refractivity (Wildman–Crippen MR) is 115 cm³/mol. The van der Waals surface area contributed by atoms with Gasteiger partial charge in [0.2, 0.25) is 5.78 Å². The lowest BCUT2D eigenvalue weighted by molar-refractivity contribution is -0.164. The summed E-state index contributed by atoms with van der Waals surface area (Å²) in [6.45, 7) is 4.93. The number of rotatable bonds is 10. The molecule has 2 aromatic rings. The molecule has 1 aromatic carbocycles. The van der Waals surface area contributed by atoms with E-state index in [4.69, 9.17) is 10.3 Å². The van der Waals surface area contributed by atoms with Gasteiger partial charge in [0.15, 0.2) is 6.10 Å². The Morgan fingerprint density at radius 1 is 1.25 bits per heavy atom. The molecule has 32 heavy (non-hydrogen) atoms. The van der Waals surface area contributed by atoms with E-state index in [1.54, 1.807) is 27.0 Å². The normalized spacial score (nSPS) is 13.0. The molecule has 0 unspecified atom stereocenters. The first-order valence-corrected chi connectivity index (χ1v) is 10.0. The zero-order valence-electron chi connectivity index (χ0n) is 18.1. The zero-order chi connectivity index (χ0) is 23.9. The molecule has 0 fully saturated rings. The van der Waals surface area contributed by atoms with Crippen molar-refractivity contribution in [3.05, 3.63) is 41.6 Å². The number of carboxylic acids is 1. The number of hydrogen-bond donors (Lipinski definition) is 3. The molecule has 10 heteroatoms. The first-order chi connectivity index (χ1) is 15.0. The number of aromatic nitrogens is 1. The fraction of sp³-hybridized carbons (Fsp3) is 0.409. The fourth-order valence-electron chi connectivity index (χ4n) is 2.93. The van der Waals surface area contributed by atoms with Crippen molar-refractivity contribution >= 4 is 40.7 Å². The summed E-state index contributed by atoms with van der Waals surface area (Å²) in [5.41, 5.74) is 9.08. The standard InChI is InChI=1S/C22H26N4O6/c1-22(2,3)21(31)32-18(10-13-11-24-16-7-5-4-6-15(13)16)19(28)26-17(20(29)30)9-8-14(27)12-25-23/h4-7,11-12,17-18,24H,8-10H2,1-3H3,(H,26,28)(H,29,30)/t17-,18-/m0/s1. The molecule has 0 bridgehead atoms. The number of carbonyl (C=O) groups excluding carboxylic acids is 3. The van der Waals surface area contributed by atoms with Gasteiger partial charge in [0, 0.05) is 29.9 Å². The number of carboxylic acid groups (broad SMARTS) is 1. The summed E-state index contributed by atoms with van der Waals surface area (Å²) in [5, 5.41) is 12.6. The van der Waals surface area contributed by atoms with Crippen LogP contribution in [0, 0.1) is 5.41 Å². The number of H-pyrrole nitrogens is 1. The van der Waals surface area contributed by atoms with Crippen LogP contribution >= 0.6 is 0 Å². The highest BCUT2D eigenvalue weighted by Crippen LogP contribution is 2.22. The summed E-state index contributed by atoms with van der Waals surface area (Å²) < 4.78 is 5.46. The molecule has 1 heterocycles. The van der Waals surface area contributed by atoms with Crippen molar-refractivity contribution < 1.29 is 33.8 Å². The van der Waals surface area contributed by atoms with Crippen LogP contribution in [0.3, 0.4) is 0 Å². The van der Waals surface area contributed by atoms with Gasteiger partial charge < -0.3 is 25.7 Å². The molecule has 10 nitrogen and oxygen atoms in total. The summed E-state index contributed by atoms with van der Waals surface area (Å²) in [6, 6.07) is 6.02. The van der Waals surface area contributed by atoms with E-state index in [0.717, 1.165) is 16.5 Å². The quantitative estimate of drug-likeness (QED) is 0.220. The number of benzene rings is 1. The number of aliphatic carboxylic acids is 1. The van der Waals surface area contributed by atoms with Gasteiger partial charge in [-0.3, -0.25) is 14.4 Å². The van der Waals surface area contributed by atoms with E-state index in [-0.39, 0.29) is 19.3 Å². The largest absolute Gasteiger partial charge is 0.480 e. The van der Waals surface area contributed by atoms with Gasteiger partial charge in [-0.05, 0) is 38.8 Å². The molecule has 170 valence electrons. The van der Waals surface area contributed by atoms with E-state index in [1.807, 2.05) is 24.3 Å². The van der Waals surface area contributed by atoms with E-state index < -0.39 is 41.2 Å². The minimum absolute atomic E-state index is 0.0279. The van der Waals surface area contributed by atoms with Gasteiger partial charge in [0.05, 0.1) is 5.41 Å². The van der Waals surface area contributed by atoms with Crippen LogP contribution in [0.2, 0.25) is 0 Å². The van der Waals surface area contributed by atoms with Crippen LogP contribution in [-0.4, -0.2) is 56.9 Å². The number of Topliss-reactive ketones (excluding diaryl/α,β-unsaturated/α-hetero) is 1. The highest BCUT2D eigenvalue weighted by atomic mass is 16.5. The molecule has 0 aliphatic heterocycles. The Balaban J connectivity index is 2.23. The summed E-state index contributed by atoms with van der Waals surface area (Å²) in [4.78, 5) is 54.2. The smallest absolute Gasteiger partial charge is 0.326 e. The summed E-state index contributed by atoms with van der Waals surface area (Å²) >= 11 is 0. The Hall–Kier alpha value is -3.78. The molecule has 0 saturated heterocycles. The molecule has 0 spiro atoms. The predicted octanol–water partition coefficient (Wildman–Crippen LogP) is 1.89. The molecular formula is C22H26N4O6. The van der Waals surface area contributed by atoms with Crippen molar-refractivity contribution in [1.29, 1.82) is 0 Å². The lowest BCUT2D eigenvalue weighted by Gasteiger charge is -2.24. The molecule has 1 amide bonds. The first kappa shape index (κ1) is 24.5. The van der Waals surface area contributed by atoms with Crippen molar-refractivity contribution in [2.24, 2.45) is 5.41 Å². The molecule has 0 saturated carbocycles. The second-order valence-corrected chi connectivity index (χ2v) is 8.36. The third kappa shape index (κ3) is 6.61. The molecular weight excluding hydrogens is 416 g/mol. The summed E-state index contributed by atoms with van der Waals surface area (Å²) in [6.07, 6.45) is 0.635. The number of amides is 1. The fourth-order valence-corrected chi connectivity index (χ4v) is 2.93. The van der Waals surface area contributed by atoms with Crippen LogP contribution in [0.15, 0.2) is 30.5 Å². The maximum atomic E-state index is 12.9. The number of aromatic amines is 1. The van der Waals surface area contributed by atoms with Crippen LogP contribution in [0.4, 0.5) is 0 Å². The average molecular weight is 442 g/mol. The topological polar surface area (TPSA) is 162 Å². The average Bonchev–Trinajstić information content (AvgIpc) is 3.12. The summed E-state index contributed by atoms with van der Waals surface area (Å²) in [7, 11) is 0. The van der Waals surface area contributed by atoms with Crippen LogP contribution in [0.1, 0.15) is 39.2 Å². The Bertz CT molecular complexity index is 1060. The minimum atomic E-state index is -1.39. The molecule has 3 N–H and O–H groups in total. The third-order valence-electron chi connectivity index (χ3n) is 4.73. The van der Waals surface area contributed by atoms with Crippen molar-refractivity contribution in [3.63, 3.8) is 0 Å². The number of ether oxygens (including phenoxy) is 1. The van der Waals surface area contributed by atoms with Crippen LogP contribution < -0.4 is 5.32 Å². The number of fused-ring (bicyclic) bond motifs is 1. The van der Waals surface area contributed by atoms with Crippen LogP contribution in [-0.2, 0) is 30.3 Å². The Morgan fingerprint density at radius 3 is 2.56 bits per heavy atom. The number of para-hydroxylation sites is 1. The van der Waals surface area contributed by atoms with Gasteiger partial charge in [0.25, 0.3) is 5.91 Å². The molecule has 2 rings (SSSR count). The molecule has 0 radical (unpaired) electrons. The Morgan fingerprint density at radius 2 is 1.94 bits per heavy atom. The number of hydrogen-bond acceptors (Lipinski definition) is 5. The van der Waals surface area contributed by atoms with E-state index in [2.05, 4.69) is 15.1 Å². The molecule has 2 atom stereocenters. The van der Waals surface area contributed by atoms with Crippen molar-refractivity contribution in [1.82, 2.24) is 10.3 Å². The summed E-state index contributed by atoms with van der Waals surface area (Å²) in [5.74, 6) is -3.34. The lowest BCUT2D eigenvalue weighted by Crippen LogP contribution is -2.48. The van der Waals surface area contributed by atoms with Crippen LogP contribution in [0.25, 0.3) is 16.4 Å². The molecule has 0 aliphatic carbocycles. The van der Waals surface area contributed by atoms with Crippen molar-refractivity contribution in [2.75, 3.05) is 0 Å². The Kier molecular flexibility index (Phi) is 8.03. The van der Waals surface area contributed by atoms with Gasteiger partial charge in [-0.15, -0.1) is 0 Å². The van der Waals surface area contributed by atoms with Crippen LogP contribution in [0.5, 0.6) is 0 Å². The molecule has 1 aromatic heterocycles. The Labute approximate surface area is 184 Å².